The van der Waals surface area contributed by atoms with Gasteiger partial charge in [-0.2, -0.15) is 0 Å². The SMILES string of the molecule is Cc1ccc(Cl)c2c(NN)c3c(nc12)CCCC3. The summed E-state index contributed by atoms with van der Waals surface area (Å²) in [6, 6.07) is 3.92. The van der Waals surface area contributed by atoms with Gasteiger partial charge in [0.25, 0.3) is 0 Å². The first-order chi connectivity index (χ1) is 8.72. The van der Waals surface area contributed by atoms with Crippen LogP contribution in [0.4, 0.5) is 5.69 Å². The van der Waals surface area contributed by atoms with Crippen molar-refractivity contribution < 1.29 is 0 Å². The van der Waals surface area contributed by atoms with Gasteiger partial charge in [-0.15, -0.1) is 0 Å². The number of nitrogens with one attached hydrogen (secondary N) is 1. The number of nitrogens with zero attached hydrogens (tertiary/aromatic N) is 1. The van der Waals surface area contributed by atoms with Gasteiger partial charge in [-0.1, -0.05) is 17.7 Å². The molecule has 0 atom stereocenters. The van der Waals surface area contributed by atoms with E-state index in [2.05, 4.69) is 12.3 Å². The van der Waals surface area contributed by atoms with Gasteiger partial charge in [-0.3, -0.25) is 10.8 Å². The van der Waals surface area contributed by atoms with Crippen LogP contribution in [0.25, 0.3) is 10.9 Å². The molecule has 0 radical (unpaired) electrons. The molecule has 3 N–H and O–H groups in total. The highest BCUT2D eigenvalue weighted by Gasteiger charge is 2.19. The number of pyridine rings is 1. The number of aryl methyl sites for hydroxylation is 2. The van der Waals surface area contributed by atoms with E-state index in [9.17, 15) is 0 Å². The molecule has 4 heteroatoms. The van der Waals surface area contributed by atoms with E-state index in [1.54, 1.807) is 0 Å². The Morgan fingerprint density at radius 1 is 1.28 bits per heavy atom. The molecule has 3 rings (SSSR count). The van der Waals surface area contributed by atoms with Gasteiger partial charge < -0.3 is 5.43 Å². The van der Waals surface area contributed by atoms with E-state index in [1.165, 1.54) is 24.1 Å². The van der Waals surface area contributed by atoms with Gasteiger partial charge in [0.15, 0.2) is 0 Å². The largest absolute Gasteiger partial charge is 0.323 e. The van der Waals surface area contributed by atoms with Gasteiger partial charge >= 0.3 is 0 Å². The van der Waals surface area contributed by atoms with Crippen molar-refractivity contribution in [2.24, 2.45) is 5.84 Å². The third kappa shape index (κ3) is 1.66. The highest BCUT2D eigenvalue weighted by atomic mass is 35.5. The van der Waals surface area contributed by atoms with Crippen molar-refractivity contribution in [1.29, 1.82) is 0 Å². The first-order valence-corrected chi connectivity index (χ1v) is 6.67. The molecule has 94 valence electrons. The minimum absolute atomic E-state index is 0.712. The zero-order chi connectivity index (χ0) is 12.7. The molecule has 18 heavy (non-hydrogen) atoms. The number of rotatable bonds is 1. The maximum absolute atomic E-state index is 6.32. The molecule has 1 aromatic carbocycles. The molecule has 0 amide bonds. The molecule has 0 bridgehead atoms. The normalized spacial score (nSPS) is 14.6. The van der Waals surface area contributed by atoms with Crippen LogP contribution in [0.1, 0.15) is 29.7 Å². The third-order valence-corrected chi connectivity index (χ3v) is 4.03. The Bertz CT molecular complexity index is 622. The molecule has 1 aliphatic carbocycles. The fourth-order valence-corrected chi connectivity index (χ4v) is 3.03. The number of fused-ring (bicyclic) bond motifs is 2. The molecule has 1 aromatic heterocycles. The summed E-state index contributed by atoms with van der Waals surface area (Å²) >= 11 is 6.32. The molecule has 0 saturated carbocycles. The van der Waals surface area contributed by atoms with Gasteiger partial charge in [-0.05, 0) is 49.8 Å². The summed E-state index contributed by atoms with van der Waals surface area (Å²) in [6.07, 6.45) is 4.46. The summed E-state index contributed by atoms with van der Waals surface area (Å²) in [6.45, 7) is 2.06. The Morgan fingerprint density at radius 3 is 2.83 bits per heavy atom. The van der Waals surface area contributed by atoms with Gasteiger partial charge in [0, 0.05) is 11.1 Å². The summed E-state index contributed by atoms with van der Waals surface area (Å²) in [4.78, 5) is 4.80. The molecule has 0 saturated heterocycles. The van der Waals surface area contributed by atoms with Crippen molar-refractivity contribution in [1.82, 2.24) is 4.98 Å². The molecule has 3 nitrogen and oxygen atoms in total. The van der Waals surface area contributed by atoms with Crippen LogP contribution in [0.15, 0.2) is 12.1 Å². The first-order valence-electron chi connectivity index (χ1n) is 6.29. The van der Waals surface area contributed by atoms with Crippen molar-refractivity contribution in [3.8, 4) is 0 Å². The predicted octanol–water partition coefficient (Wildman–Crippen LogP) is 3.36. The number of benzene rings is 1. The number of hydrogen-bond acceptors (Lipinski definition) is 3. The molecule has 2 aromatic rings. The van der Waals surface area contributed by atoms with E-state index in [1.807, 2.05) is 12.1 Å². The molecular weight excluding hydrogens is 246 g/mol. The topological polar surface area (TPSA) is 50.9 Å². The maximum Gasteiger partial charge on any atom is 0.0771 e. The van der Waals surface area contributed by atoms with Gasteiger partial charge in [0.05, 0.1) is 16.2 Å². The average molecular weight is 262 g/mol. The second-order valence-corrected chi connectivity index (χ2v) is 5.26. The first kappa shape index (κ1) is 11.8. The lowest BCUT2D eigenvalue weighted by atomic mass is 9.92. The molecule has 1 heterocycles. The lowest BCUT2D eigenvalue weighted by Crippen LogP contribution is -2.15. The Hall–Kier alpha value is -1.32. The number of hydrazine groups is 1. The molecule has 0 aliphatic heterocycles. The lowest BCUT2D eigenvalue weighted by molar-refractivity contribution is 0.672. The Balaban J connectivity index is 2.44. The van der Waals surface area contributed by atoms with E-state index in [-0.39, 0.29) is 0 Å². The van der Waals surface area contributed by atoms with Crippen LogP contribution < -0.4 is 11.3 Å². The van der Waals surface area contributed by atoms with Crippen molar-refractivity contribution in [3.05, 3.63) is 34.0 Å². The molecule has 0 spiro atoms. The predicted molar refractivity (Wildman–Crippen MR) is 75.9 cm³/mol. The van der Waals surface area contributed by atoms with Crippen LogP contribution in [-0.4, -0.2) is 4.98 Å². The van der Waals surface area contributed by atoms with Crippen molar-refractivity contribution in [2.45, 2.75) is 32.6 Å². The van der Waals surface area contributed by atoms with Crippen LogP contribution in [0, 0.1) is 6.92 Å². The molecule has 0 fully saturated rings. The fraction of sp³-hybridized carbons (Fsp3) is 0.357. The van der Waals surface area contributed by atoms with E-state index in [0.717, 1.165) is 35.0 Å². The average Bonchev–Trinajstić information content (AvgIpc) is 2.41. The highest BCUT2D eigenvalue weighted by Crippen LogP contribution is 2.37. The monoisotopic (exact) mass is 261 g/mol. The van der Waals surface area contributed by atoms with Crippen LogP contribution in [-0.2, 0) is 12.8 Å². The minimum Gasteiger partial charge on any atom is -0.323 e. The molecule has 0 unspecified atom stereocenters. The second kappa shape index (κ2) is 4.41. The third-order valence-electron chi connectivity index (χ3n) is 3.71. The smallest absolute Gasteiger partial charge is 0.0771 e. The Labute approximate surface area is 111 Å². The van der Waals surface area contributed by atoms with E-state index in [4.69, 9.17) is 22.4 Å². The maximum atomic E-state index is 6.32. The van der Waals surface area contributed by atoms with Gasteiger partial charge in [0.2, 0.25) is 0 Å². The number of hydrogen-bond donors (Lipinski definition) is 2. The number of aromatic nitrogens is 1. The minimum atomic E-state index is 0.712. The van der Waals surface area contributed by atoms with Crippen LogP contribution in [0.2, 0.25) is 5.02 Å². The van der Waals surface area contributed by atoms with Crippen LogP contribution >= 0.6 is 11.6 Å². The van der Waals surface area contributed by atoms with Crippen LogP contribution in [0.3, 0.4) is 0 Å². The van der Waals surface area contributed by atoms with Gasteiger partial charge in [-0.25, -0.2) is 0 Å². The number of nitrogens with two attached hydrogens (primary N) is 1. The molecular formula is C14H16ClN3. The summed E-state index contributed by atoms with van der Waals surface area (Å²) in [5, 5.41) is 1.67. The number of nitrogen functional groups attached to an aromatic ring is 1. The molecule has 1 aliphatic rings. The van der Waals surface area contributed by atoms with E-state index >= 15 is 0 Å². The highest BCUT2D eigenvalue weighted by molar-refractivity contribution is 6.36. The zero-order valence-electron chi connectivity index (χ0n) is 10.4. The summed E-state index contributed by atoms with van der Waals surface area (Å²) in [5.74, 6) is 5.72. The number of halogens is 1. The standard InChI is InChI=1S/C14H16ClN3/c1-8-6-7-10(15)12-13(8)17-11-5-3-2-4-9(11)14(12)18-16/h6-7H,2-5,16H2,1H3,(H,17,18). The summed E-state index contributed by atoms with van der Waals surface area (Å²) in [5.41, 5.74) is 8.32. The van der Waals surface area contributed by atoms with Crippen LogP contribution in [0.5, 0.6) is 0 Å². The Morgan fingerprint density at radius 2 is 2.06 bits per heavy atom. The van der Waals surface area contributed by atoms with Gasteiger partial charge in [0.1, 0.15) is 0 Å². The van der Waals surface area contributed by atoms with Crippen molar-refractivity contribution in [3.63, 3.8) is 0 Å². The Kier molecular flexibility index (Phi) is 2.88. The quantitative estimate of drug-likeness (QED) is 0.611. The van der Waals surface area contributed by atoms with Crippen molar-refractivity contribution in [2.75, 3.05) is 5.43 Å². The van der Waals surface area contributed by atoms with Crippen molar-refractivity contribution >= 4 is 28.2 Å². The fourth-order valence-electron chi connectivity index (χ4n) is 2.78. The lowest BCUT2D eigenvalue weighted by Gasteiger charge is -2.21. The number of anilines is 1. The summed E-state index contributed by atoms with van der Waals surface area (Å²) in [7, 11) is 0. The summed E-state index contributed by atoms with van der Waals surface area (Å²) < 4.78 is 0. The van der Waals surface area contributed by atoms with E-state index < -0.39 is 0 Å². The zero-order valence-corrected chi connectivity index (χ0v) is 11.1. The second-order valence-electron chi connectivity index (χ2n) is 4.85. The van der Waals surface area contributed by atoms with E-state index in [0.29, 0.717) is 5.02 Å².